The largest absolute Gasteiger partial charge is 0.494 e. The molecule has 1 aliphatic rings. The Hall–Kier alpha value is -1.67. The average molecular weight is 510 g/mol. The maximum atomic E-state index is 13.3. The Morgan fingerprint density at radius 1 is 1.10 bits per heavy atom. The predicted octanol–water partition coefficient (Wildman–Crippen LogP) is 4.65. The van der Waals surface area contributed by atoms with Crippen molar-refractivity contribution in [3.05, 3.63) is 65.5 Å². The van der Waals surface area contributed by atoms with Crippen LogP contribution in [0.2, 0.25) is 0 Å². The number of carbonyl (C=O) groups excluding carboxylic acids is 1. The maximum Gasteiger partial charge on any atom is 0.227 e. The van der Waals surface area contributed by atoms with Gasteiger partial charge in [0.05, 0.1) is 17.6 Å². The highest BCUT2D eigenvalue weighted by molar-refractivity contribution is 14.1. The molecule has 0 aliphatic carbocycles. The van der Waals surface area contributed by atoms with Crippen molar-refractivity contribution in [1.29, 1.82) is 0 Å². The molecule has 2 aromatic rings. The normalized spacial score (nSPS) is 15.3. The van der Waals surface area contributed by atoms with Gasteiger partial charge in [-0.2, -0.15) is 0 Å². The number of hydrogen-bond acceptors (Lipinski definition) is 3. The van der Waals surface area contributed by atoms with Gasteiger partial charge < -0.3 is 9.64 Å². The van der Waals surface area contributed by atoms with E-state index >= 15 is 0 Å². The third kappa shape index (κ3) is 6.40. The van der Waals surface area contributed by atoms with E-state index in [1.165, 1.54) is 12.1 Å². The van der Waals surface area contributed by atoms with Crippen molar-refractivity contribution in [2.75, 3.05) is 24.2 Å². The lowest BCUT2D eigenvalue weighted by molar-refractivity contribution is -0.134. The summed E-state index contributed by atoms with van der Waals surface area (Å²) in [6, 6.07) is 14.4. The number of ether oxygens (including phenoxy) is 1. The highest BCUT2D eigenvalue weighted by atomic mass is 127. The van der Waals surface area contributed by atoms with Crippen molar-refractivity contribution < 1.29 is 13.9 Å². The summed E-state index contributed by atoms with van der Waals surface area (Å²) >= 11 is 2.39. The summed E-state index contributed by atoms with van der Waals surface area (Å²) in [6.07, 6.45) is 2.30. The number of alkyl halides is 1. The summed E-state index contributed by atoms with van der Waals surface area (Å²) in [6.45, 7) is 5.10. The second-order valence-corrected chi connectivity index (χ2v) is 8.05. The number of hydrogen-bond donors (Lipinski definition) is 0. The number of likely N-dealkylation sites (tertiary alicyclic amines) is 1. The monoisotopic (exact) mass is 510 g/mol. The lowest BCUT2D eigenvalue weighted by Crippen LogP contribution is -2.47. The number of nitrogens with zero attached hydrogens (tertiary/aromatic N) is 2. The molecular weight excluding hydrogens is 482 g/mol. The molecule has 0 unspecified atom stereocenters. The highest BCUT2D eigenvalue weighted by Gasteiger charge is 2.27. The zero-order valence-electron chi connectivity index (χ0n) is 16.8. The van der Waals surface area contributed by atoms with Crippen LogP contribution in [0.1, 0.15) is 30.9 Å². The van der Waals surface area contributed by atoms with Gasteiger partial charge >= 0.3 is 0 Å². The molecule has 0 aromatic heterocycles. The fourth-order valence-corrected chi connectivity index (χ4v) is 4.39. The molecule has 0 spiro atoms. The van der Waals surface area contributed by atoms with Crippen LogP contribution in [0.4, 0.5) is 4.39 Å². The molecule has 4 nitrogen and oxygen atoms in total. The Morgan fingerprint density at radius 2 is 1.72 bits per heavy atom. The number of benzene rings is 2. The van der Waals surface area contributed by atoms with Gasteiger partial charge in [-0.05, 0) is 55.2 Å². The van der Waals surface area contributed by atoms with E-state index in [1.807, 2.05) is 36.1 Å². The molecule has 0 bridgehead atoms. The van der Waals surface area contributed by atoms with E-state index in [4.69, 9.17) is 4.74 Å². The molecule has 0 N–H and O–H groups in total. The van der Waals surface area contributed by atoms with E-state index < -0.39 is 0 Å². The Bertz CT molecular complexity index is 774. The van der Waals surface area contributed by atoms with E-state index in [-0.39, 0.29) is 17.8 Å². The van der Waals surface area contributed by atoms with E-state index in [9.17, 15) is 9.18 Å². The number of halogens is 2. The van der Waals surface area contributed by atoms with Crippen molar-refractivity contribution in [3.63, 3.8) is 0 Å². The number of rotatable bonds is 8. The Kier molecular flexibility index (Phi) is 8.29. The number of carbonyl (C=O) groups is 1. The topological polar surface area (TPSA) is 32.8 Å². The molecule has 29 heavy (non-hydrogen) atoms. The van der Waals surface area contributed by atoms with Crippen LogP contribution in [0, 0.1) is 5.82 Å². The van der Waals surface area contributed by atoms with Crippen LogP contribution in [0.3, 0.4) is 0 Å². The Labute approximate surface area is 186 Å². The molecule has 1 heterocycles. The first-order chi connectivity index (χ1) is 14.1. The van der Waals surface area contributed by atoms with Gasteiger partial charge in [0.15, 0.2) is 0 Å². The molecule has 0 radical (unpaired) electrons. The lowest BCUT2D eigenvalue weighted by Gasteiger charge is -2.38. The molecular formula is C23H28FIN2O2. The first-order valence-electron chi connectivity index (χ1n) is 10.1. The molecule has 3 rings (SSSR count). The fraction of sp³-hybridized carbons (Fsp3) is 0.435. The number of amides is 1. The van der Waals surface area contributed by atoms with E-state index in [2.05, 4.69) is 27.5 Å². The van der Waals surface area contributed by atoms with Crippen LogP contribution in [0.5, 0.6) is 5.75 Å². The molecule has 2 aromatic carbocycles. The first kappa shape index (κ1) is 22.0. The maximum absolute atomic E-state index is 13.3. The van der Waals surface area contributed by atoms with Gasteiger partial charge in [0, 0.05) is 25.7 Å². The molecule has 1 amide bonds. The minimum Gasteiger partial charge on any atom is -0.494 e. The minimum atomic E-state index is -0.253. The smallest absolute Gasteiger partial charge is 0.227 e. The molecule has 1 aliphatic heterocycles. The standard InChI is InChI=1S/C23H28FIN2O2/c1-2-29-22-9-5-18(6-10-22)15-23(28)27(16-19-3-7-20(24)8-4-19)21-11-13-26(17-25)14-12-21/h3-10,21H,2,11-17H2,1H3. The van der Waals surface area contributed by atoms with Crippen LogP contribution in [0.25, 0.3) is 0 Å². The Morgan fingerprint density at radius 3 is 2.31 bits per heavy atom. The van der Waals surface area contributed by atoms with E-state index in [1.54, 1.807) is 12.1 Å². The zero-order chi connectivity index (χ0) is 20.6. The van der Waals surface area contributed by atoms with Gasteiger partial charge in [-0.3, -0.25) is 9.69 Å². The molecule has 0 saturated carbocycles. The van der Waals surface area contributed by atoms with Crippen LogP contribution in [-0.2, 0) is 17.8 Å². The van der Waals surface area contributed by atoms with Crippen molar-refractivity contribution in [2.24, 2.45) is 0 Å². The lowest BCUT2D eigenvalue weighted by atomic mass is 10.0. The van der Waals surface area contributed by atoms with Crippen LogP contribution < -0.4 is 4.74 Å². The summed E-state index contributed by atoms with van der Waals surface area (Å²) in [7, 11) is 0. The second-order valence-electron chi connectivity index (χ2n) is 7.37. The quantitative estimate of drug-likeness (QED) is 0.295. The van der Waals surface area contributed by atoms with E-state index in [0.717, 1.165) is 47.4 Å². The zero-order valence-corrected chi connectivity index (χ0v) is 19.0. The van der Waals surface area contributed by atoms with Gasteiger partial charge in [0.25, 0.3) is 0 Å². The van der Waals surface area contributed by atoms with Crippen molar-refractivity contribution in [3.8, 4) is 5.75 Å². The van der Waals surface area contributed by atoms with Gasteiger partial charge in [0.1, 0.15) is 11.6 Å². The van der Waals surface area contributed by atoms with Gasteiger partial charge in [-0.1, -0.05) is 46.9 Å². The summed E-state index contributed by atoms with van der Waals surface area (Å²) in [5.41, 5.74) is 1.94. The van der Waals surface area contributed by atoms with Gasteiger partial charge in [-0.25, -0.2) is 4.39 Å². The van der Waals surface area contributed by atoms with Gasteiger partial charge in [-0.15, -0.1) is 0 Å². The number of piperidine rings is 1. The fourth-order valence-electron chi connectivity index (χ4n) is 3.70. The Balaban J connectivity index is 1.72. The minimum absolute atomic E-state index is 0.117. The summed E-state index contributed by atoms with van der Waals surface area (Å²) in [5, 5.41) is 0. The molecule has 156 valence electrons. The van der Waals surface area contributed by atoms with Crippen LogP contribution in [0.15, 0.2) is 48.5 Å². The summed E-state index contributed by atoms with van der Waals surface area (Å²) in [4.78, 5) is 17.7. The average Bonchev–Trinajstić information content (AvgIpc) is 2.75. The summed E-state index contributed by atoms with van der Waals surface area (Å²) < 4.78 is 19.8. The molecule has 1 fully saturated rings. The van der Waals surface area contributed by atoms with Crippen molar-refractivity contribution in [2.45, 2.75) is 38.8 Å². The van der Waals surface area contributed by atoms with Crippen molar-refractivity contribution >= 4 is 28.5 Å². The van der Waals surface area contributed by atoms with E-state index in [0.29, 0.717) is 19.6 Å². The SMILES string of the molecule is CCOc1ccc(CC(=O)N(Cc2ccc(F)cc2)C2CCN(CI)CC2)cc1. The third-order valence-electron chi connectivity index (χ3n) is 5.34. The predicted molar refractivity (Wildman–Crippen MR) is 122 cm³/mol. The van der Waals surface area contributed by atoms with Crippen LogP contribution in [-0.4, -0.2) is 46.0 Å². The first-order valence-corrected chi connectivity index (χ1v) is 11.7. The van der Waals surface area contributed by atoms with Crippen LogP contribution >= 0.6 is 22.6 Å². The molecule has 6 heteroatoms. The third-order valence-corrected chi connectivity index (χ3v) is 6.31. The van der Waals surface area contributed by atoms with Crippen molar-refractivity contribution in [1.82, 2.24) is 9.80 Å². The molecule has 1 saturated heterocycles. The second kappa shape index (κ2) is 10.9. The molecule has 0 atom stereocenters. The van der Waals surface area contributed by atoms with Gasteiger partial charge in [0.2, 0.25) is 5.91 Å². The summed E-state index contributed by atoms with van der Waals surface area (Å²) in [5.74, 6) is 0.681. The highest BCUT2D eigenvalue weighted by Crippen LogP contribution is 2.22.